The minimum absolute atomic E-state index is 0.202. The summed E-state index contributed by atoms with van der Waals surface area (Å²) in [5.74, 6) is 0.233. The fraction of sp³-hybridized carbons (Fsp3) is 0. The van der Waals surface area contributed by atoms with Gasteiger partial charge in [0, 0.05) is 36.3 Å². The van der Waals surface area contributed by atoms with E-state index in [1.54, 1.807) is 30.5 Å². The number of carbonyl (C=O) groups is 1. The number of benzene rings is 1. The molecule has 2 heterocycles. The van der Waals surface area contributed by atoms with E-state index < -0.39 is 10.8 Å². The van der Waals surface area contributed by atoms with Crippen LogP contribution >= 0.6 is 0 Å². The van der Waals surface area contributed by atoms with E-state index in [1.807, 2.05) is 0 Å². The first-order chi connectivity index (χ1) is 12.1. The number of hydrogen-bond acceptors (Lipinski definition) is 6. The van der Waals surface area contributed by atoms with Gasteiger partial charge in [-0.05, 0) is 24.3 Å². The van der Waals surface area contributed by atoms with Crippen molar-refractivity contribution in [1.82, 2.24) is 9.97 Å². The molecule has 0 unspecified atom stereocenters. The highest BCUT2D eigenvalue weighted by molar-refractivity contribution is 6.04. The molecule has 0 radical (unpaired) electrons. The average molecular weight is 336 g/mol. The van der Waals surface area contributed by atoms with Crippen LogP contribution in [0.2, 0.25) is 0 Å². The molecule has 1 amide bonds. The number of aromatic nitrogens is 2. The zero-order chi connectivity index (χ0) is 17.6. The Morgan fingerprint density at radius 2 is 1.84 bits per heavy atom. The van der Waals surface area contributed by atoms with Crippen LogP contribution < -0.4 is 10.1 Å². The van der Waals surface area contributed by atoms with Gasteiger partial charge in [0.2, 0.25) is 0 Å². The van der Waals surface area contributed by atoms with Crippen molar-refractivity contribution >= 4 is 17.3 Å². The molecule has 25 heavy (non-hydrogen) atoms. The fourth-order valence-electron chi connectivity index (χ4n) is 2.07. The highest BCUT2D eigenvalue weighted by Crippen LogP contribution is 2.29. The van der Waals surface area contributed by atoms with Gasteiger partial charge < -0.3 is 10.1 Å². The van der Waals surface area contributed by atoms with Gasteiger partial charge in [-0.25, -0.2) is 0 Å². The van der Waals surface area contributed by atoms with Crippen LogP contribution in [0.25, 0.3) is 0 Å². The number of hydrogen-bond donors (Lipinski definition) is 1. The molecular formula is C17H12N4O4. The Bertz CT molecular complexity index is 901. The van der Waals surface area contributed by atoms with Crippen molar-refractivity contribution in [3.63, 3.8) is 0 Å². The van der Waals surface area contributed by atoms with E-state index in [1.165, 1.54) is 36.8 Å². The van der Waals surface area contributed by atoms with Gasteiger partial charge >= 0.3 is 0 Å². The Morgan fingerprint density at radius 1 is 1.04 bits per heavy atom. The van der Waals surface area contributed by atoms with Crippen molar-refractivity contribution in [2.75, 3.05) is 5.32 Å². The molecule has 3 aromatic rings. The molecule has 3 rings (SSSR count). The highest BCUT2D eigenvalue weighted by Gasteiger charge is 2.14. The van der Waals surface area contributed by atoms with Crippen LogP contribution in [0.4, 0.5) is 11.4 Å². The second kappa shape index (κ2) is 7.18. The van der Waals surface area contributed by atoms with E-state index >= 15 is 0 Å². The van der Waals surface area contributed by atoms with Crippen LogP contribution in [-0.2, 0) is 0 Å². The number of nitrogens with zero attached hydrogens (tertiary/aromatic N) is 3. The molecular weight excluding hydrogens is 324 g/mol. The average Bonchev–Trinajstić information content (AvgIpc) is 2.63. The van der Waals surface area contributed by atoms with Crippen molar-refractivity contribution in [2.24, 2.45) is 0 Å². The number of anilines is 1. The molecule has 0 aliphatic rings. The van der Waals surface area contributed by atoms with Crippen molar-refractivity contribution in [3.05, 3.63) is 82.9 Å². The molecule has 0 saturated carbocycles. The predicted octanol–water partition coefficient (Wildman–Crippen LogP) is 3.43. The summed E-state index contributed by atoms with van der Waals surface area (Å²) in [5, 5.41) is 13.7. The Labute approximate surface area is 142 Å². The third kappa shape index (κ3) is 4.14. The number of non-ortho nitro benzene ring substituents is 1. The van der Waals surface area contributed by atoms with Crippen molar-refractivity contribution in [3.8, 4) is 11.5 Å². The van der Waals surface area contributed by atoms with Gasteiger partial charge in [0.05, 0.1) is 22.9 Å². The SMILES string of the molecule is O=C(Nc1cc(Oc2cccnc2)cc([N+](=O)[O-])c1)c1ccncc1. The third-order valence-electron chi connectivity index (χ3n) is 3.17. The van der Waals surface area contributed by atoms with Crippen LogP contribution in [0.3, 0.4) is 0 Å². The van der Waals surface area contributed by atoms with Crippen molar-refractivity contribution in [2.45, 2.75) is 0 Å². The minimum Gasteiger partial charge on any atom is -0.455 e. The number of amides is 1. The van der Waals surface area contributed by atoms with Gasteiger partial charge in [-0.1, -0.05) is 0 Å². The minimum atomic E-state index is -0.557. The fourth-order valence-corrected chi connectivity index (χ4v) is 2.07. The lowest BCUT2D eigenvalue weighted by Gasteiger charge is -2.09. The molecule has 0 fully saturated rings. The number of nitro groups is 1. The van der Waals surface area contributed by atoms with Gasteiger partial charge in [-0.15, -0.1) is 0 Å². The zero-order valence-corrected chi connectivity index (χ0v) is 12.8. The number of pyridine rings is 2. The largest absolute Gasteiger partial charge is 0.455 e. The van der Waals surface area contributed by atoms with Crippen LogP contribution in [0.1, 0.15) is 10.4 Å². The summed E-state index contributed by atoms with van der Waals surface area (Å²) in [6, 6.07) is 10.5. The molecule has 8 heteroatoms. The molecule has 0 saturated heterocycles. The van der Waals surface area contributed by atoms with Crippen LogP contribution in [-0.4, -0.2) is 20.8 Å². The predicted molar refractivity (Wildman–Crippen MR) is 89.6 cm³/mol. The molecule has 2 aromatic heterocycles. The van der Waals surface area contributed by atoms with Crippen LogP contribution in [0.5, 0.6) is 11.5 Å². The first-order valence-corrected chi connectivity index (χ1v) is 7.20. The zero-order valence-electron chi connectivity index (χ0n) is 12.8. The second-order valence-electron chi connectivity index (χ2n) is 4.95. The Kier molecular flexibility index (Phi) is 4.61. The molecule has 8 nitrogen and oxygen atoms in total. The van der Waals surface area contributed by atoms with E-state index in [0.29, 0.717) is 11.3 Å². The lowest BCUT2D eigenvalue weighted by Crippen LogP contribution is -2.12. The number of ether oxygens (including phenoxy) is 1. The summed E-state index contributed by atoms with van der Waals surface area (Å²) in [4.78, 5) is 30.5. The summed E-state index contributed by atoms with van der Waals surface area (Å²) in [6.07, 6.45) is 6.04. The molecule has 1 aromatic carbocycles. The van der Waals surface area contributed by atoms with Gasteiger partial charge in [-0.2, -0.15) is 0 Å². The van der Waals surface area contributed by atoms with Crippen LogP contribution in [0.15, 0.2) is 67.3 Å². The Morgan fingerprint density at radius 3 is 2.52 bits per heavy atom. The Hall–Kier alpha value is -3.81. The molecule has 0 spiro atoms. The van der Waals surface area contributed by atoms with Gasteiger partial charge in [0.1, 0.15) is 11.5 Å². The summed E-state index contributed by atoms with van der Waals surface area (Å²) in [6.45, 7) is 0. The lowest BCUT2D eigenvalue weighted by atomic mass is 10.2. The normalized spacial score (nSPS) is 10.1. The second-order valence-corrected chi connectivity index (χ2v) is 4.95. The molecule has 0 aliphatic carbocycles. The standard InChI is InChI=1S/C17H12N4O4/c22-17(12-3-6-18-7-4-12)20-13-8-14(21(23)24)10-16(9-13)25-15-2-1-5-19-11-15/h1-11H,(H,20,22). The van der Waals surface area contributed by atoms with Gasteiger partial charge in [0.15, 0.2) is 0 Å². The van der Waals surface area contributed by atoms with E-state index in [4.69, 9.17) is 4.74 Å². The maximum atomic E-state index is 12.2. The first-order valence-electron chi connectivity index (χ1n) is 7.20. The topological polar surface area (TPSA) is 107 Å². The highest BCUT2D eigenvalue weighted by atomic mass is 16.6. The van der Waals surface area contributed by atoms with E-state index in [2.05, 4.69) is 15.3 Å². The quantitative estimate of drug-likeness (QED) is 0.565. The van der Waals surface area contributed by atoms with Crippen LogP contribution in [0, 0.1) is 10.1 Å². The maximum Gasteiger partial charge on any atom is 0.275 e. The molecule has 0 bridgehead atoms. The van der Waals surface area contributed by atoms with E-state index in [9.17, 15) is 14.9 Å². The van der Waals surface area contributed by atoms with Gasteiger partial charge in [-0.3, -0.25) is 24.9 Å². The first kappa shape index (κ1) is 16.1. The maximum absolute atomic E-state index is 12.2. The number of carbonyl (C=O) groups excluding carboxylic acids is 1. The lowest BCUT2D eigenvalue weighted by molar-refractivity contribution is -0.384. The van der Waals surface area contributed by atoms with E-state index in [0.717, 1.165) is 0 Å². The molecule has 0 atom stereocenters. The smallest absolute Gasteiger partial charge is 0.275 e. The molecule has 124 valence electrons. The summed E-state index contributed by atoms with van der Waals surface area (Å²) < 4.78 is 5.57. The van der Waals surface area contributed by atoms with Crippen molar-refractivity contribution in [1.29, 1.82) is 0 Å². The Balaban J connectivity index is 1.88. The monoisotopic (exact) mass is 336 g/mol. The molecule has 1 N–H and O–H groups in total. The number of nitrogens with one attached hydrogen (secondary N) is 1. The van der Waals surface area contributed by atoms with Gasteiger partial charge in [0.25, 0.3) is 11.6 Å². The van der Waals surface area contributed by atoms with Crippen molar-refractivity contribution < 1.29 is 14.5 Å². The number of nitro benzene ring substituents is 1. The number of rotatable bonds is 5. The summed E-state index contributed by atoms with van der Waals surface area (Å²) in [7, 11) is 0. The third-order valence-corrected chi connectivity index (χ3v) is 3.17. The van der Waals surface area contributed by atoms with E-state index in [-0.39, 0.29) is 17.1 Å². The summed E-state index contributed by atoms with van der Waals surface area (Å²) >= 11 is 0. The molecule has 0 aliphatic heterocycles. The summed E-state index contributed by atoms with van der Waals surface area (Å²) in [5.41, 5.74) is 0.428.